The number of rotatable bonds is 6. The molecule has 130 valence electrons. The van der Waals surface area contributed by atoms with Crippen LogP contribution in [0.3, 0.4) is 0 Å². The quantitative estimate of drug-likeness (QED) is 0.667. The first-order valence-electron chi connectivity index (χ1n) is 7.60. The fraction of sp³-hybridized carbons (Fsp3) is 0.167. The molecule has 3 rings (SSSR count). The first-order valence-corrected chi connectivity index (χ1v) is 9.90. The second-order valence-electron chi connectivity index (χ2n) is 5.67. The van der Waals surface area contributed by atoms with E-state index in [1.54, 1.807) is 43.3 Å². The number of hydrogen-bond donors (Lipinski definition) is 1. The second-order valence-corrected chi connectivity index (χ2v) is 8.57. The van der Waals surface area contributed by atoms with E-state index >= 15 is 0 Å². The highest BCUT2D eigenvalue weighted by molar-refractivity contribution is 7.89. The Morgan fingerprint density at radius 2 is 1.96 bits per heavy atom. The van der Waals surface area contributed by atoms with Crippen molar-refractivity contribution < 1.29 is 17.6 Å². The lowest BCUT2D eigenvalue weighted by Gasteiger charge is -2.09. The van der Waals surface area contributed by atoms with Crippen molar-refractivity contribution in [3.8, 4) is 0 Å². The smallest absolute Gasteiger partial charge is 0.241 e. The number of sulfonamides is 1. The number of thiophene rings is 1. The summed E-state index contributed by atoms with van der Waals surface area (Å²) in [7, 11) is -3.61. The molecule has 0 spiro atoms. The van der Waals surface area contributed by atoms with Crippen LogP contribution in [0.15, 0.2) is 58.0 Å². The van der Waals surface area contributed by atoms with Gasteiger partial charge in [-0.1, -0.05) is 17.7 Å². The van der Waals surface area contributed by atoms with Gasteiger partial charge in [-0.3, -0.25) is 4.79 Å². The minimum Gasteiger partial charge on any atom is -0.461 e. The molecule has 0 bridgehead atoms. The molecular weight excluding hydrogens is 358 g/mol. The predicted octanol–water partition coefficient (Wildman–Crippen LogP) is 3.67. The molecule has 25 heavy (non-hydrogen) atoms. The highest BCUT2D eigenvalue weighted by atomic mass is 32.2. The monoisotopic (exact) mass is 375 g/mol. The molecule has 1 N–H and O–H groups in total. The van der Waals surface area contributed by atoms with Gasteiger partial charge in [-0.05, 0) is 49.7 Å². The Labute approximate surface area is 150 Å². The van der Waals surface area contributed by atoms with E-state index in [4.69, 9.17) is 4.42 Å². The standard InChI is InChI=1S/C18H17NO4S2/c1-12-5-8-17(13(2)10-12)25(21,22)19-11-14-6-7-16(24-14)18(20)15-4-3-9-23-15/h3-10,19H,11H2,1-2H3. The molecule has 7 heteroatoms. The van der Waals surface area contributed by atoms with Crippen LogP contribution in [-0.2, 0) is 16.6 Å². The molecule has 0 unspecified atom stereocenters. The van der Waals surface area contributed by atoms with Crippen molar-refractivity contribution >= 4 is 27.1 Å². The Bertz CT molecular complexity index is 1000. The van der Waals surface area contributed by atoms with E-state index in [1.165, 1.54) is 17.6 Å². The maximum Gasteiger partial charge on any atom is 0.241 e. The lowest BCUT2D eigenvalue weighted by Crippen LogP contribution is -2.23. The van der Waals surface area contributed by atoms with Crippen LogP contribution in [0.2, 0.25) is 0 Å². The first-order chi connectivity index (χ1) is 11.9. The Morgan fingerprint density at radius 1 is 1.16 bits per heavy atom. The van der Waals surface area contributed by atoms with E-state index in [0.29, 0.717) is 10.4 Å². The normalized spacial score (nSPS) is 11.6. The predicted molar refractivity (Wildman–Crippen MR) is 96.4 cm³/mol. The zero-order valence-corrected chi connectivity index (χ0v) is 15.4. The fourth-order valence-corrected chi connectivity index (χ4v) is 4.68. The summed E-state index contributed by atoms with van der Waals surface area (Å²) in [6.07, 6.45) is 1.44. The van der Waals surface area contributed by atoms with Crippen molar-refractivity contribution in [1.29, 1.82) is 0 Å². The van der Waals surface area contributed by atoms with Gasteiger partial charge in [0.25, 0.3) is 0 Å². The third-order valence-corrected chi connectivity index (χ3v) is 6.33. The topological polar surface area (TPSA) is 76.4 Å². The summed E-state index contributed by atoms with van der Waals surface area (Å²) in [5, 5.41) is 0. The Morgan fingerprint density at radius 3 is 2.64 bits per heavy atom. The third kappa shape index (κ3) is 3.89. The van der Waals surface area contributed by atoms with E-state index < -0.39 is 10.0 Å². The van der Waals surface area contributed by atoms with Crippen LogP contribution >= 0.6 is 11.3 Å². The van der Waals surface area contributed by atoms with Crippen molar-refractivity contribution in [3.05, 3.63) is 75.4 Å². The average Bonchev–Trinajstić information content (AvgIpc) is 3.24. The van der Waals surface area contributed by atoms with Crippen molar-refractivity contribution in [3.63, 3.8) is 0 Å². The van der Waals surface area contributed by atoms with Gasteiger partial charge in [-0.25, -0.2) is 13.1 Å². The van der Waals surface area contributed by atoms with E-state index in [2.05, 4.69) is 4.72 Å². The van der Waals surface area contributed by atoms with Gasteiger partial charge in [0, 0.05) is 11.4 Å². The van der Waals surface area contributed by atoms with Crippen molar-refractivity contribution in [2.75, 3.05) is 0 Å². The molecule has 2 aromatic heterocycles. The molecule has 5 nitrogen and oxygen atoms in total. The molecule has 0 fully saturated rings. The van der Waals surface area contributed by atoms with Gasteiger partial charge in [0.05, 0.1) is 16.0 Å². The second kappa shape index (κ2) is 6.95. The van der Waals surface area contributed by atoms with Crippen LogP contribution in [-0.4, -0.2) is 14.2 Å². The fourth-order valence-electron chi connectivity index (χ4n) is 2.47. The van der Waals surface area contributed by atoms with E-state index in [0.717, 1.165) is 10.4 Å². The number of benzene rings is 1. The summed E-state index contributed by atoms with van der Waals surface area (Å²) in [4.78, 5) is 13.7. The van der Waals surface area contributed by atoms with Crippen LogP contribution in [0.5, 0.6) is 0 Å². The molecule has 3 aromatic rings. The lowest BCUT2D eigenvalue weighted by atomic mass is 10.2. The lowest BCUT2D eigenvalue weighted by molar-refractivity contribution is 0.101. The van der Waals surface area contributed by atoms with Crippen LogP contribution in [0, 0.1) is 13.8 Å². The molecule has 0 aliphatic carbocycles. The summed E-state index contributed by atoms with van der Waals surface area (Å²) in [5.74, 6) is 0.0581. The van der Waals surface area contributed by atoms with Gasteiger partial charge >= 0.3 is 0 Å². The molecule has 0 radical (unpaired) electrons. The minimum absolute atomic E-state index is 0.131. The zero-order valence-electron chi connectivity index (χ0n) is 13.8. The maximum atomic E-state index is 12.5. The summed E-state index contributed by atoms with van der Waals surface area (Å²) in [5.41, 5.74) is 1.71. The van der Waals surface area contributed by atoms with Crippen LogP contribution in [0.25, 0.3) is 0 Å². The zero-order chi connectivity index (χ0) is 18.0. The van der Waals surface area contributed by atoms with Crippen LogP contribution < -0.4 is 4.72 Å². The molecule has 0 amide bonds. The van der Waals surface area contributed by atoms with Gasteiger partial charge in [0.1, 0.15) is 0 Å². The van der Waals surface area contributed by atoms with Crippen LogP contribution in [0.4, 0.5) is 0 Å². The molecule has 0 atom stereocenters. The van der Waals surface area contributed by atoms with Crippen molar-refractivity contribution in [2.24, 2.45) is 0 Å². The Balaban J connectivity index is 1.72. The molecule has 1 aromatic carbocycles. The van der Waals surface area contributed by atoms with E-state index in [-0.39, 0.29) is 23.0 Å². The average molecular weight is 375 g/mol. The van der Waals surface area contributed by atoms with Gasteiger partial charge in [0.15, 0.2) is 5.76 Å². The molecule has 0 aliphatic rings. The van der Waals surface area contributed by atoms with Gasteiger partial charge < -0.3 is 4.42 Å². The Hall–Kier alpha value is -2.22. The molecule has 0 aliphatic heterocycles. The highest BCUT2D eigenvalue weighted by Gasteiger charge is 2.18. The number of carbonyl (C=O) groups is 1. The number of carbonyl (C=O) groups excluding carboxylic acids is 1. The largest absolute Gasteiger partial charge is 0.461 e. The van der Waals surface area contributed by atoms with E-state index in [1.807, 2.05) is 13.0 Å². The number of furan rings is 1. The van der Waals surface area contributed by atoms with Gasteiger partial charge in [-0.2, -0.15) is 0 Å². The first kappa shape index (κ1) is 17.6. The summed E-state index contributed by atoms with van der Waals surface area (Å²) >= 11 is 1.25. The van der Waals surface area contributed by atoms with Gasteiger partial charge in [-0.15, -0.1) is 11.3 Å². The summed E-state index contributed by atoms with van der Waals surface area (Å²) in [6, 6.07) is 11.9. The summed E-state index contributed by atoms with van der Waals surface area (Å²) < 4.78 is 32.6. The molecular formula is C18H17NO4S2. The number of aryl methyl sites for hydroxylation is 2. The van der Waals surface area contributed by atoms with Gasteiger partial charge in [0.2, 0.25) is 15.8 Å². The molecule has 0 saturated heterocycles. The summed E-state index contributed by atoms with van der Waals surface area (Å²) in [6.45, 7) is 3.82. The number of ketones is 1. The van der Waals surface area contributed by atoms with Crippen molar-refractivity contribution in [2.45, 2.75) is 25.3 Å². The van der Waals surface area contributed by atoms with E-state index in [9.17, 15) is 13.2 Å². The minimum atomic E-state index is -3.61. The van der Waals surface area contributed by atoms with Crippen LogP contribution in [0.1, 0.15) is 31.4 Å². The SMILES string of the molecule is Cc1ccc(S(=O)(=O)NCc2ccc(C(=O)c3ccco3)s2)c(C)c1. The maximum absolute atomic E-state index is 12.5. The molecule has 2 heterocycles. The highest BCUT2D eigenvalue weighted by Crippen LogP contribution is 2.22. The molecule has 0 saturated carbocycles. The number of nitrogens with one attached hydrogen (secondary N) is 1. The third-order valence-electron chi connectivity index (χ3n) is 3.69. The Kier molecular flexibility index (Phi) is 4.89. The number of hydrogen-bond acceptors (Lipinski definition) is 5. The van der Waals surface area contributed by atoms with Crippen molar-refractivity contribution in [1.82, 2.24) is 4.72 Å².